The second-order valence-corrected chi connectivity index (χ2v) is 4.65. The average Bonchev–Trinajstić information content (AvgIpc) is 2.17. The topological polar surface area (TPSA) is 43.1 Å². The van der Waals surface area contributed by atoms with Gasteiger partial charge in [0.25, 0.3) is 0 Å². The van der Waals surface area contributed by atoms with Crippen LogP contribution in [0.25, 0.3) is 0 Å². The van der Waals surface area contributed by atoms with Crippen LogP contribution in [0.15, 0.2) is 0 Å². The summed E-state index contributed by atoms with van der Waals surface area (Å²) in [5, 5.41) is 0. The zero-order chi connectivity index (χ0) is 9.26. The summed E-state index contributed by atoms with van der Waals surface area (Å²) in [5.74, 6) is 1.62. The van der Waals surface area contributed by atoms with Gasteiger partial charge < -0.3 is 5.73 Å². The van der Waals surface area contributed by atoms with Crippen molar-refractivity contribution in [3.8, 4) is 0 Å². The van der Waals surface area contributed by atoms with Crippen molar-refractivity contribution in [3.63, 3.8) is 0 Å². The monoisotopic (exact) mass is 181 g/mol. The van der Waals surface area contributed by atoms with Gasteiger partial charge in [0.05, 0.1) is 0 Å². The number of hydrogen-bond donors (Lipinski definition) is 1. The first-order valence-corrected chi connectivity index (χ1v) is 5.58. The Balaban J connectivity index is 2.06. The number of nitrogens with two attached hydrogens (primary N) is 1. The highest BCUT2D eigenvalue weighted by Crippen LogP contribution is 2.43. The van der Waals surface area contributed by atoms with E-state index in [0.29, 0.717) is 5.92 Å². The molecule has 0 saturated heterocycles. The highest BCUT2D eigenvalue weighted by atomic mass is 16.1. The van der Waals surface area contributed by atoms with Crippen LogP contribution in [0.3, 0.4) is 0 Å². The van der Waals surface area contributed by atoms with E-state index in [1.807, 2.05) is 0 Å². The standard InChI is InChI=1S/C11H19NO/c12-11(13)10-7-3-5-8-4-1-2-6-9(8)10/h8-10H,1-7H2,(H2,12,13)/t8-,9?,10-/m1/s1. The van der Waals surface area contributed by atoms with Crippen molar-refractivity contribution >= 4 is 5.91 Å². The van der Waals surface area contributed by atoms with Crippen LogP contribution in [0.4, 0.5) is 0 Å². The number of carbonyl (C=O) groups excluding carboxylic acids is 1. The highest BCUT2D eigenvalue weighted by molar-refractivity contribution is 5.77. The van der Waals surface area contributed by atoms with E-state index < -0.39 is 0 Å². The van der Waals surface area contributed by atoms with Crippen molar-refractivity contribution in [2.45, 2.75) is 44.9 Å². The Labute approximate surface area is 79.9 Å². The quantitative estimate of drug-likeness (QED) is 0.661. The molecule has 0 aromatic rings. The van der Waals surface area contributed by atoms with Gasteiger partial charge >= 0.3 is 0 Å². The molecule has 0 aliphatic heterocycles. The van der Waals surface area contributed by atoms with E-state index >= 15 is 0 Å². The van der Waals surface area contributed by atoms with E-state index in [1.54, 1.807) is 0 Å². The summed E-state index contributed by atoms with van der Waals surface area (Å²) in [7, 11) is 0. The lowest BCUT2D eigenvalue weighted by atomic mass is 9.65. The van der Waals surface area contributed by atoms with E-state index in [-0.39, 0.29) is 11.8 Å². The summed E-state index contributed by atoms with van der Waals surface area (Å²) in [6, 6.07) is 0. The molecule has 13 heavy (non-hydrogen) atoms. The molecule has 2 heteroatoms. The fraction of sp³-hybridized carbons (Fsp3) is 0.909. The highest BCUT2D eigenvalue weighted by Gasteiger charge is 2.37. The fourth-order valence-corrected chi connectivity index (χ4v) is 3.29. The number of fused-ring (bicyclic) bond motifs is 1. The Morgan fingerprint density at radius 3 is 2.46 bits per heavy atom. The molecule has 0 spiro atoms. The number of amides is 1. The van der Waals surface area contributed by atoms with Crippen molar-refractivity contribution in [3.05, 3.63) is 0 Å². The van der Waals surface area contributed by atoms with Gasteiger partial charge in [0.15, 0.2) is 0 Å². The summed E-state index contributed by atoms with van der Waals surface area (Å²) in [6.07, 6.45) is 8.88. The van der Waals surface area contributed by atoms with Gasteiger partial charge in [-0.05, 0) is 24.7 Å². The second-order valence-electron chi connectivity index (χ2n) is 4.65. The van der Waals surface area contributed by atoms with Gasteiger partial charge in [0, 0.05) is 5.92 Å². The molecule has 2 aliphatic rings. The number of carbonyl (C=O) groups is 1. The van der Waals surface area contributed by atoms with Crippen LogP contribution in [0.2, 0.25) is 0 Å². The van der Waals surface area contributed by atoms with Gasteiger partial charge in [-0.2, -0.15) is 0 Å². The molecule has 0 aromatic heterocycles. The molecule has 2 aliphatic carbocycles. The van der Waals surface area contributed by atoms with Gasteiger partial charge in [-0.25, -0.2) is 0 Å². The molecule has 2 rings (SSSR count). The zero-order valence-electron chi connectivity index (χ0n) is 8.17. The van der Waals surface area contributed by atoms with Crippen LogP contribution in [0.1, 0.15) is 44.9 Å². The number of rotatable bonds is 1. The Morgan fingerprint density at radius 2 is 1.69 bits per heavy atom. The van der Waals surface area contributed by atoms with Crippen molar-refractivity contribution < 1.29 is 4.79 Å². The van der Waals surface area contributed by atoms with Gasteiger partial charge in [0.2, 0.25) is 5.91 Å². The van der Waals surface area contributed by atoms with E-state index in [9.17, 15) is 4.79 Å². The third-order valence-corrected chi connectivity index (χ3v) is 3.94. The molecular formula is C11H19NO. The maximum Gasteiger partial charge on any atom is 0.220 e. The molecule has 0 radical (unpaired) electrons. The SMILES string of the molecule is NC(=O)[C@@H]1CCC[C@H]2CCCCC21. The van der Waals surface area contributed by atoms with Crippen molar-refractivity contribution in [2.24, 2.45) is 23.5 Å². The van der Waals surface area contributed by atoms with Crippen LogP contribution in [-0.2, 0) is 4.79 Å². The lowest BCUT2D eigenvalue weighted by molar-refractivity contribution is -0.126. The number of primary amides is 1. The minimum Gasteiger partial charge on any atom is -0.369 e. The molecule has 0 aromatic carbocycles. The predicted octanol–water partition coefficient (Wildman–Crippen LogP) is 2.08. The van der Waals surface area contributed by atoms with Crippen molar-refractivity contribution in [1.29, 1.82) is 0 Å². The largest absolute Gasteiger partial charge is 0.369 e. The second kappa shape index (κ2) is 3.69. The van der Waals surface area contributed by atoms with Gasteiger partial charge in [-0.1, -0.05) is 32.1 Å². The molecule has 3 atom stereocenters. The molecular weight excluding hydrogens is 162 g/mol. The molecule has 1 amide bonds. The smallest absolute Gasteiger partial charge is 0.220 e. The van der Waals surface area contributed by atoms with Crippen LogP contribution in [0.5, 0.6) is 0 Å². The van der Waals surface area contributed by atoms with E-state index in [4.69, 9.17) is 5.73 Å². The lowest BCUT2D eigenvalue weighted by Gasteiger charge is -2.39. The Bertz CT molecular complexity index is 200. The van der Waals surface area contributed by atoms with E-state index in [0.717, 1.165) is 12.3 Å². The van der Waals surface area contributed by atoms with Gasteiger partial charge in [0.1, 0.15) is 0 Å². The van der Waals surface area contributed by atoms with Crippen LogP contribution >= 0.6 is 0 Å². The first-order chi connectivity index (χ1) is 6.29. The first-order valence-electron chi connectivity index (χ1n) is 5.58. The lowest BCUT2D eigenvalue weighted by Crippen LogP contribution is -2.38. The molecule has 2 nitrogen and oxygen atoms in total. The average molecular weight is 181 g/mol. The molecule has 2 fully saturated rings. The molecule has 2 saturated carbocycles. The summed E-state index contributed by atoms with van der Waals surface area (Å²) in [6.45, 7) is 0. The maximum atomic E-state index is 11.2. The van der Waals surface area contributed by atoms with Crippen LogP contribution < -0.4 is 5.73 Å². The molecule has 0 heterocycles. The first kappa shape index (κ1) is 9.04. The van der Waals surface area contributed by atoms with Crippen LogP contribution in [0, 0.1) is 17.8 Å². The van der Waals surface area contributed by atoms with Gasteiger partial charge in [-0.3, -0.25) is 4.79 Å². The molecule has 74 valence electrons. The maximum absolute atomic E-state index is 11.2. The predicted molar refractivity (Wildman–Crippen MR) is 52.0 cm³/mol. The Morgan fingerprint density at radius 1 is 1.00 bits per heavy atom. The Kier molecular flexibility index (Phi) is 2.56. The third kappa shape index (κ3) is 1.72. The Hall–Kier alpha value is -0.530. The zero-order valence-corrected chi connectivity index (χ0v) is 8.17. The molecule has 2 N–H and O–H groups in total. The summed E-state index contributed by atoms with van der Waals surface area (Å²) in [4.78, 5) is 11.2. The van der Waals surface area contributed by atoms with E-state index in [2.05, 4.69) is 0 Å². The minimum atomic E-state index is -0.0448. The van der Waals surface area contributed by atoms with Crippen molar-refractivity contribution in [2.75, 3.05) is 0 Å². The third-order valence-electron chi connectivity index (χ3n) is 3.94. The summed E-state index contributed by atoms with van der Waals surface area (Å²) in [5.41, 5.74) is 5.44. The number of hydrogen-bond acceptors (Lipinski definition) is 1. The van der Waals surface area contributed by atoms with Crippen molar-refractivity contribution in [1.82, 2.24) is 0 Å². The summed E-state index contributed by atoms with van der Waals surface area (Å²) < 4.78 is 0. The fourth-order valence-electron chi connectivity index (χ4n) is 3.29. The normalized spacial score (nSPS) is 39.5. The van der Waals surface area contributed by atoms with E-state index in [1.165, 1.54) is 38.5 Å². The summed E-state index contributed by atoms with van der Waals surface area (Å²) >= 11 is 0. The van der Waals surface area contributed by atoms with Gasteiger partial charge in [-0.15, -0.1) is 0 Å². The minimum absolute atomic E-state index is 0.0448. The molecule has 1 unspecified atom stereocenters. The molecule has 0 bridgehead atoms. The van der Waals surface area contributed by atoms with Crippen LogP contribution in [-0.4, -0.2) is 5.91 Å².